The van der Waals surface area contributed by atoms with E-state index < -0.39 is 0 Å². The van der Waals surface area contributed by atoms with E-state index in [1.165, 1.54) is 6.07 Å². The molecule has 0 radical (unpaired) electrons. The van der Waals surface area contributed by atoms with E-state index >= 15 is 0 Å². The Bertz CT molecular complexity index is 821. The molecule has 1 heterocycles. The molecule has 0 aliphatic rings. The number of imidazole rings is 1. The highest BCUT2D eigenvalue weighted by molar-refractivity contribution is 9.10. The summed E-state index contributed by atoms with van der Waals surface area (Å²) in [7, 11) is 0. The Morgan fingerprint density at radius 1 is 1.11 bits per heavy atom. The third kappa shape index (κ3) is 2.28. The molecule has 19 heavy (non-hydrogen) atoms. The lowest BCUT2D eigenvalue weighted by atomic mass is 10.2. The molecule has 0 unspecified atom stereocenters. The standard InChI is InChI=1S/C13H7Br2FN2S/c14-7-1-3-8(4-2-7)18-12-6-10(16)9(15)5-11(12)17-13(18)19/h1-6H,(H,17,19). The maximum atomic E-state index is 13.7. The Balaban J connectivity index is 2.34. The molecule has 1 aromatic heterocycles. The van der Waals surface area contributed by atoms with Crippen LogP contribution >= 0.6 is 44.1 Å². The predicted molar refractivity (Wildman–Crippen MR) is 83.8 cm³/mol. The van der Waals surface area contributed by atoms with Gasteiger partial charge in [0.15, 0.2) is 4.77 Å². The summed E-state index contributed by atoms with van der Waals surface area (Å²) in [5, 5.41) is 0. The number of aromatic amines is 1. The number of rotatable bonds is 1. The van der Waals surface area contributed by atoms with Gasteiger partial charge in [0.1, 0.15) is 5.82 Å². The molecule has 2 nitrogen and oxygen atoms in total. The zero-order valence-corrected chi connectivity index (χ0v) is 13.4. The summed E-state index contributed by atoms with van der Waals surface area (Å²) >= 11 is 11.9. The number of halogens is 3. The molecular weight excluding hydrogens is 395 g/mol. The quantitative estimate of drug-likeness (QED) is 0.545. The van der Waals surface area contributed by atoms with Crippen LogP contribution < -0.4 is 0 Å². The smallest absolute Gasteiger partial charge is 0.182 e. The zero-order valence-electron chi connectivity index (χ0n) is 9.45. The summed E-state index contributed by atoms with van der Waals surface area (Å²) in [5.41, 5.74) is 2.40. The largest absolute Gasteiger partial charge is 0.330 e. The maximum Gasteiger partial charge on any atom is 0.182 e. The van der Waals surface area contributed by atoms with Gasteiger partial charge in [-0.3, -0.25) is 4.57 Å². The minimum absolute atomic E-state index is 0.313. The van der Waals surface area contributed by atoms with E-state index in [1.807, 2.05) is 28.8 Å². The van der Waals surface area contributed by atoms with Crippen molar-refractivity contribution in [3.8, 4) is 5.69 Å². The fourth-order valence-electron chi connectivity index (χ4n) is 1.95. The first-order chi connectivity index (χ1) is 9.06. The summed E-state index contributed by atoms with van der Waals surface area (Å²) in [6.45, 7) is 0. The van der Waals surface area contributed by atoms with E-state index in [2.05, 4.69) is 36.8 Å². The second-order valence-electron chi connectivity index (χ2n) is 4.03. The lowest BCUT2D eigenvalue weighted by Gasteiger charge is -2.05. The monoisotopic (exact) mass is 400 g/mol. The van der Waals surface area contributed by atoms with E-state index in [0.29, 0.717) is 14.8 Å². The lowest BCUT2D eigenvalue weighted by molar-refractivity contribution is 0.622. The average molecular weight is 402 g/mol. The van der Waals surface area contributed by atoms with Gasteiger partial charge in [-0.15, -0.1) is 0 Å². The van der Waals surface area contributed by atoms with Gasteiger partial charge >= 0.3 is 0 Å². The van der Waals surface area contributed by atoms with Crippen LogP contribution in [0.15, 0.2) is 45.3 Å². The van der Waals surface area contributed by atoms with Crippen molar-refractivity contribution < 1.29 is 4.39 Å². The average Bonchev–Trinajstić information content (AvgIpc) is 2.67. The molecule has 0 aliphatic carbocycles. The molecule has 1 N–H and O–H groups in total. The second kappa shape index (κ2) is 4.85. The van der Waals surface area contributed by atoms with Crippen molar-refractivity contribution in [2.24, 2.45) is 0 Å². The molecular formula is C13H7Br2FN2S. The third-order valence-corrected chi connectivity index (χ3v) is 4.23. The van der Waals surface area contributed by atoms with E-state index in [-0.39, 0.29) is 5.82 Å². The molecule has 0 amide bonds. The van der Waals surface area contributed by atoms with Crippen LogP contribution in [0.4, 0.5) is 4.39 Å². The number of benzene rings is 2. The topological polar surface area (TPSA) is 20.7 Å². The van der Waals surface area contributed by atoms with E-state index in [4.69, 9.17) is 12.2 Å². The van der Waals surface area contributed by atoms with Crippen molar-refractivity contribution in [2.75, 3.05) is 0 Å². The van der Waals surface area contributed by atoms with Gasteiger partial charge in [-0.2, -0.15) is 0 Å². The van der Waals surface area contributed by atoms with Gasteiger partial charge in [-0.25, -0.2) is 4.39 Å². The molecule has 0 atom stereocenters. The first-order valence-electron chi connectivity index (χ1n) is 5.42. The minimum atomic E-state index is -0.313. The first kappa shape index (κ1) is 13.0. The predicted octanol–water partition coefficient (Wildman–Crippen LogP) is 5.35. The molecule has 0 saturated carbocycles. The van der Waals surface area contributed by atoms with Crippen molar-refractivity contribution in [1.29, 1.82) is 0 Å². The summed E-state index contributed by atoms with van der Waals surface area (Å²) in [5.74, 6) is -0.313. The van der Waals surface area contributed by atoms with Crippen LogP contribution in [0.2, 0.25) is 0 Å². The molecule has 0 aliphatic heterocycles. The Labute approximate surface area is 130 Å². The molecule has 96 valence electrons. The van der Waals surface area contributed by atoms with Crippen molar-refractivity contribution >= 4 is 55.1 Å². The van der Waals surface area contributed by atoms with Crippen LogP contribution in [-0.4, -0.2) is 9.55 Å². The highest BCUT2D eigenvalue weighted by Gasteiger charge is 2.10. The number of nitrogens with one attached hydrogen (secondary N) is 1. The van der Waals surface area contributed by atoms with Gasteiger partial charge in [-0.05, 0) is 58.5 Å². The molecule has 0 spiro atoms. The van der Waals surface area contributed by atoms with Crippen LogP contribution in [-0.2, 0) is 0 Å². The maximum absolute atomic E-state index is 13.7. The number of nitrogens with zero attached hydrogens (tertiary/aromatic N) is 1. The summed E-state index contributed by atoms with van der Waals surface area (Å²) in [4.78, 5) is 3.08. The van der Waals surface area contributed by atoms with Crippen LogP contribution in [0.5, 0.6) is 0 Å². The molecule has 6 heteroatoms. The summed E-state index contributed by atoms with van der Waals surface area (Å²) in [6, 6.07) is 10.8. The fourth-order valence-corrected chi connectivity index (χ4v) is 2.87. The van der Waals surface area contributed by atoms with Gasteiger partial charge in [0.25, 0.3) is 0 Å². The van der Waals surface area contributed by atoms with Gasteiger partial charge in [-0.1, -0.05) is 15.9 Å². The number of H-pyrrole nitrogens is 1. The van der Waals surface area contributed by atoms with Crippen molar-refractivity contribution in [2.45, 2.75) is 0 Å². The molecule has 3 rings (SSSR count). The number of aromatic nitrogens is 2. The van der Waals surface area contributed by atoms with Crippen LogP contribution in [0.25, 0.3) is 16.7 Å². The molecule has 0 saturated heterocycles. The normalized spacial score (nSPS) is 11.1. The summed E-state index contributed by atoms with van der Waals surface area (Å²) in [6.07, 6.45) is 0. The van der Waals surface area contributed by atoms with E-state index in [0.717, 1.165) is 15.7 Å². The van der Waals surface area contributed by atoms with Gasteiger partial charge in [0.05, 0.1) is 15.5 Å². The van der Waals surface area contributed by atoms with Crippen LogP contribution in [0.3, 0.4) is 0 Å². The second-order valence-corrected chi connectivity index (χ2v) is 6.18. The molecule has 0 bridgehead atoms. The summed E-state index contributed by atoms with van der Waals surface area (Å²) < 4.78 is 17.4. The highest BCUT2D eigenvalue weighted by atomic mass is 79.9. The Morgan fingerprint density at radius 3 is 2.47 bits per heavy atom. The molecule has 3 aromatic rings. The molecule has 0 fully saturated rings. The Hall–Kier alpha value is -0.980. The zero-order chi connectivity index (χ0) is 13.6. The van der Waals surface area contributed by atoms with Gasteiger partial charge in [0.2, 0.25) is 0 Å². The van der Waals surface area contributed by atoms with Crippen LogP contribution in [0.1, 0.15) is 0 Å². The first-order valence-corrected chi connectivity index (χ1v) is 7.41. The van der Waals surface area contributed by atoms with E-state index in [1.54, 1.807) is 6.07 Å². The minimum Gasteiger partial charge on any atom is -0.330 e. The lowest BCUT2D eigenvalue weighted by Crippen LogP contribution is -1.93. The van der Waals surface area contributed by atoms with Crippen molar-refractivity contribution in [3.63, 3.8) is 0 Å². The van der Waals surface area contributed by atoms with E-state index in [9.17, 15) is 4.39 Å². The SMILES string of the molecule is Fc1cc2c(cc1Br)[nH]c(=S)n2-c1ccc(Br)cc1. The van der Waals surface area contributed by atoms with Crippen LogP contribution in [0, 0.1) is 10.6 Å². The number of hydrogen-bond donors (Lipinski definition) is 1. The highest BCUT2D eigenvalue weighted by Crippen LogP contribution is 2.26. The van der Waals surface area contributed by atoms with Gasteiger partial charge in [0, 0.05) is 16.2 Å². The Kier molecular flexibility index (Phi) is 3.32. The van der Waals surface area contributed by atoms with Crippen molar-refractivity contribution in [1.82, 2.24) is 9.55 Å². The van der Waals surface area contributed by atoms with Gasteiger partial charge < -0.3 is 4.98 Å². The number of fused-ring (bicyclic) bond motifs is 1. The third-order valence-electron chi connectivity index (χ3n) is 2.81. The van der Waals surface area contributed by atoms with Crippen molar-refractivity contribution in [3.05, 3.63) is 55.9 Å². The Morgan fingerprint density at radius 2 is 1.79 bits per heavy atom. The molecule has 2 aromatic carbocycles. The number of hydrogen-bond acceptors (Lipinski definition) is 1. The fraction of sp³-hybridized carbons (Fsp3) is 0.